The van der Waals surface area contributed by atoms with E-state index in [0.717, 1.165) is 0 Å². The van der Waals surface area contributed by atoms with Crippen LogP contribution in [-0.2, 0) is 19.6 Å². The number of carboxylic acids is 1. The van der Waals surface area contributed by atoms with Gasteiger partial charge in [0, 0.05) is 13.7 Å². The molecule has 0 aromatic heterocycles. The molecule has 2 N–H and O–H groups in total. The smallest absolute Gasteiger partial charge is 0.326 e. The summed E-state index contributed by atoms with van der Waals surface area (Å²) in [7, 11) is -2.22. The summed E-state index contributed by atoms with van der Waals surface area (Å²) in [4.78, 5) is 11.2. The molecule has 7 heteroatoms. The highest BCUT2D eigenvalue weighted by Crippen LogP contribution is 2.15. The van der Waals surface area contributed by atoms with Crippen LogP contribution >= 0.6 is 0 Å². The van der Waals surface area contributed by atoms with Crippen LogP contribution in [0.15, 0.2) is 30.3 Å². The first-order valence-corrected chi connectivity index (χ1v) is 7.77. The summed E-state index contributed by atoms with van der Waals surface area (Å²) in [5.74, 6) is -1.64. The van der Waals surface area contributed by atoms with Gasteiger partial charge in [0.25, 0.3) is 0 Å². The summed E-state index contributed by atoms with van der Waals surface area (Å²) in [6, 6.07) is 6.91. The first-order chi connectivity index (χ1) is 9.35. The van der Waals surface area contributed by atoms with Gasteiger partial charge in [0.1, 0.15) is 6.04 Å². The minimum absolute atomic E-state index is 0.183. The van der Waals surface area contributed by atoms with Gasteiger partial charge in [-0.25, -0.2) is 8.42 Å². The first kappa shape index (κ1) is 16.6. The molecule has 2 atom stereocenters. The predicted octanol–water partition coefficient (Wildman–Crippen LogP) is 1.01. The quantitative estimate of drug-likeness (QED) is 0.747. The molecule has 20 heavy (non-hydrogen) atoms. The Morgan fingerprint density at radius 1 is 1.35 bits per heavy atom. The van der Waals surface area contributed by atoms with Crippen molar-refractivity contribution in [3.63, 3.8) is 0 Å². The van der Waals surface area contributed by atoms with Gasteiger partial charge in [0.15, 0.2) is 0 Å². The van der Waals surface area contributed by atoms with Crippen LogP contribution in [0, 0.1) is 5.92 Å². The fraction of sp³-hybridized carbons (Fsp3) is 0.462. The average Bonchev–Trinajstić information content (AvgIpc) is 2.36. The maximum atomic E-state index is 12.0. The van der Waals surface area contributed by atoms with E-state index in [1.165, 1.54) is 7.11 Å². The van der Waals surface area contributed by atoms with Crippen molar-refractivity contribution in [2.45, 2.75) is 13.0 Å². The highest BCUT2D eigenvalue weighted by Gasteiger charge is 2.26. The first-order valence-electron chi connectivity index (χ1n) is 6.12. The lowest BCUT2D eigenvalue weighted by Crippen LogP contribution is -2.37. The van der Waals surface area contributed by atoms with E-state index in [2.05, 4.69) is 4.72 Å². The van der Waals surface area contributed by atoms with Gasteiger partial charge in [-0.05, 0) is 11.5 Å². The van der Waals surface area contributed by atoms with E-state index in [1.807, 2.05) is 0 Å². The number of carbonyl (C=O) groups is 1. The van der Waals surface area contributed by atoms with Crippen LogP contribution in [0.3, 0.4) is 0 Å². The average molecular weight is 301 g/mol. The molecular weight excluding hydrogens is 282 g/mol. The van der Waals surface area contributed by atoms with Crippen molar-refractivity contribution in [2.24, 2.45) is 5.92 Å². The molecule has 1 aromatic carbocycles. The van der Waals surface area contributed by atoms with E-state index in [1.54, 1.807) is 37.3 Å². The van der Waals surface area contributed by atoms with Crippen LogP contribution in [0.4, 0.5) is 0 Å². The van der Waals surface area contributed by atoms with Crippen molar-refractivity contribution in [1.29, 1.82) is 0 Å². The number of hydrogen-bond acceptors (Lipinski definition) is 4. The molecular formula is C13H19NO5S. The SMILES string of the molecule is COCC(C)CS(=O)(=O)N[C@H](C(=O)O)c1ccccc1. The standard InChI is InChI=1S/C13H19NO5S/c1-10(8-19-2)9-20(17,18)14-12(13(15)16)11-6-4-3-5-7-11/h3-7,10,12,14H,8-9H2,1-2H3,(H,15,16)/t10?,12-/m0/s1. The van der Waals surface area contributed by atoms with Gasteiger partial charge in [-0.1, -0.05) is 37.3 Å². The third-order valence-electron chi connectivity index (χ3n) is 2.63. The lowest BCUT2D eigenvalue weighted by atomic mass is 10.1. The molecule has 0 aliphatic heterocycles. The molecule has 0 spiro atoms. The van der Waals surface area contributed by atoms with Crippen LogP contribution in [0.5, 0.6) is 0 Å². The van der Waals surface area contributed by atoms with E-state index in [9.17, 15) is 18.3 Å². The Hall–Kier alpha value is -1.44. The Morgan fingerprint density at radius 3 is 2.45 bits per heavy atom. The highest BCUT2D eigenvalue weighted by atomic mass is 32.2. The highest BCUT2D eigenvalue weighted by molar-refractivity contribution is 7.89. The summed E-state index contributed by atoms with van der Waals surface area (Å²) in [5, 5.41) is 9.18. The molecule has 6 nitrogen and oxygen atoms in total. The van der Waals surface area contributed by atoms with Crippen molar-refractivity contribution in [1.82, 2.24) is 4.72 Å². The van der Waals surface area contributed by atoms with Gasteiger partial charge in [-0.2, -0.15) is 4.72 Å². The largest absolute Gasteiger partial charge is 0.480 e. The molecule has 1 aromatic rings. The number of nitrogens with one attached hydrogen (secondary N) is 1. The van der Waals surface area contributed by atoms with Crippen molar-refractivity contribution in [2.75, 3.05) is 19.5 Å². The predicted molar refractivity (Wildman–Crippen MR) is 74.8 cm³/mol. The van der Waals surface area contributed by atoms with Crippen LogP contribution < -0.4 is 4.72 Å². The minimum Gasteiger partial charge on any atom is -0.480 e. The number of benzene rings is 1. The van der Waals surface area contributed by atoms with Gasteiger partial charge >= 0.3 is 5.97 Å². The van der Waals surface area contributed by atoms with Crippen LogP contribution in [0.1, 0.15) is 18.5 Å². The molecule has 1 unspecified atom stereocenters. The van der Waals surface area contributed by atoms with Crippen molar-refractivity contribution in [3.8, 4) is 0 Å². The molecule has 112 valence electrons. The van der Waals surface area contributed by atoms with Crippen LogP contribution in [-0.4, -0.2) is 39.0 Å². The Kier molecular flexibility index (Phi) is 6.12. The molecule has 0 bridgehead atoms. The van der Waals surface area contributed by atoms with Crippen LogP contribution in [0.2, 0.25) is 0 Å². The van der Waals surface area contributed by atoms with E-state index in [4.69, 9.17) is 4.74 Å². The lowest BCUT2D eigenvalue weighted by Gasteiger charge is -2.17. The Morgan fingerprint density at radius 2 is 1.95 bits per heavy atom. The van der Waals surface area contributed by atoms with Crippen molar-refractivity contribution >= 4 is 16.0 Å². The molecule has 0 saturated heterocycles. The minimum atomic E-state index is -3.71. The molecule has 0 radical (unpaired) electrons. The van der Waals surface area contributed by atoms with Crippen molar-refractivity contribution in [3.05, 3.63) is 35.9 Å². The normalized spacial score (nSPS) is 14.7. The summed E-state index contributed by atoms with van der Waals surface area (Å²) in [6.45, 7) is 2.02. The summed E-state index contributed by atoms with van der Waals surface area (Å²) < 4.78 is 31.0. The zero-order valence-electron chi connectivity index (χ0n) is 11.4. The van der Waals surface area contributed by atoms with Gasteiger partial charge in [-0.3, -0.25) is 4.79 Å². The number of sulfonamides is 1. The van der Waals surface area contributed by atoms with E-state index in [-0.39, 0.29) is 11.7 Å². The second-order valence-corrected chi connectivity index (χ2v) is 6.44. The fourth-order valence-electron chi connectivity index (χ4n) is 1.84. The molecule has 0 heterocycles. The number of hydrogen-bond donors (Lipinski definition) is 2. The van der Waals surface area contributed by atoms with Gasteiger partial charge in [-0.15, -0.1) is 0 Å². The summed E-state index contributed by atoms with van der Waals surface area (Å²) in [5.41, 5.74) is 0.392. The zero-order valence-corrected chi connectivity index (χ0v) is 12.3. The molecule has 0 amide bonds. The third kappa shape index (κ3) is 5.28. The summed E-state index contributed by atoms with van der Waals surface area (Å²) >= 11 is 0. The van der Waals surface area contributed by atoms with E-state index < -0.39 is 22.0 Å². The number of ether oxygens (including phenoxy) is 1. The molecule has 1 rings (SSSR count). The van der Waals surface area contributed by atoms with Gasteiger partial charge in [0.2, 0.25) is 10.0 Å². The third-order valence-corrected chi connectivity index (χ3v) is 4.24. The molecule has 0 aliphatic rings. The monoisotopic (exact) mass is 301 g/mol. The van der Waals surface area contributed by atoms with Gasteiger partial charge < -0.3 is 9.84 Å². The number of carboxylic acid groups (broad SMARTS) is 1. The maximum Gasteiger partial charge on any atom is 0.326 e. The Bertz CT molecular complexity index is 529. The number of aliphatic carboxylic acids is 1. The molecule has 0 saturated carbocycles. The van der Waals surface area contributed by atoms with Crippen LogP contribution in [0.25, 0.3) is 0 Å². The Balaban J connectivity index is 2.83. The molecule has 0 aliphatic carbocycles. The zero-order chi connectivity index (χ0) is 15.2. The topological polar surface area (TPSA) is 92.7 Å². The van der Waals surface area contributed by atoms with E-state index in [0.29, 0.717) is 12.2 Å². The maximum absolute atomic E-state index is 12.0. The number of methoxy groups -OCH3 is 1. The second kappa shape index (κ2) is 7.37. The number of rotatable bonds is 8. The Labute approximate surface area is 118 Å². The lowest BCUT2D eigenvalue weighted by molar-refractivity contribution is -0.139. The summed E-state index contributed by atoms with van der Waals surface area (Å²) in [6.07, 6.45) is 0. The molecule has 0 fully saturated rings. The second-order valence-electron chi connectivity index (χ2n) is 4.64. The fourth-order valence-corrected chi connectivity index (χ4v) is 3.38. The van der Waals surface area contributed by atoms with Crippen molar-refractivity contribution < 1.29 is 23.1 Å². The van der Waals surface area contributed by atoms with Gasteiger partial charge in [0.05, 0.1) is 5.75 Å². The van der Waals surface area contributed by atoms with E-state index >= 15 is 0 Å².